The summed E-state index contributed by atoms with van der Waals surface area (Å²) in [6, 6.07) is 0. The SMILES string of the molecule is CCC(C)(C)C(=O)OC(C1CCC(C(O)(C(F)(F)F)C(F)(F)F)CC1)(C(F)(F)F)C(F)(F)F.CCC(C)(C)C(=O)OC1CC(F)(F)C1(F)F. The molecule has 49 heavy (non-hydrogen) atoms. The fourth-order valence-corrected chi connectivity index (χ4v) is 4.94. The molecule has 2 fully saturated rings. The Kier molecular flexibility index (Phi) is 12.6. The molecule has 1 atom stereocenters. The van der Waals surface area contributed by atoms with E-state index in [0.29, 0.717) is 6.42 Å². The van der Waals surface area contributed by atoms with Crippen molar-refractivity contribution in [3.63, 3.8) is 0 Å². The molecule has 0 aromatic heterocycles. The minimum absolute atomic E-state index is 0.228. The molecule has 5 nitrogen and oxygen atoms in total. The Hall–Kier alpha value is -2.22. The van der Waals surface area contributed by atoms with E-state index in [1.54, 1.807) is 6.92 Å². The number of hydrogen-bond acceptors (Lipinski definition) is 5. The maximum atomic E-state index is 13.8. The van der Waals surface area contributed by atoms with Gasteiger partial charge in [-0.1, -0.05) is 13.8 Å². The van der Waals surface area contributed by atoms with Crippen molar-refractivity contribution in [2.45, 2.75) is 140 Å². The van der Waals surface area contributed by atoms with Crippen LogP contribution in [0.3, 0.4) is 0 Å². The van der Waals surface area contributed by atoms with Crippen LogP contribution >= 0.6 is 0 Å². The van der Waals surface area contributed by atoms with E-state index < -0.39 is 121 Å². The fourth-order valence-electron chi connectivity index (χ4n) is 4.94. The van der Waals surface area contributed by atoms with Gasteiger partial charge in [-0.2, -0.15) is 70.2 Å². The predicted molar refractivity (Wildman–Crippen MR) is 136 cm³/mol. The molecular weight excluding hydrogens is 720 g/mol. The minimum Gasteiger partial charge on any atom is -0.455 e. The van der Waals surface area contributed by atoms with Gasteiger partial charge >= 0.3 is 54.1 Å². The van der Waals surface area contributed by atoms with E-state index in [4.69, 9.17) is 0 Å². The van der Waals surface area contributed by atoms with Crippen molar-refractivity contribution in [2.75, 3.05) is 0 Å². The van der Waals surface area contributed by atoms with Gasteiger partial charge in [-0.05, 0) is 66.2 Å². The van der Waals surface area contributed by atoms with Crippen molar-refractivity contribution >= 4 is 11.9 Å². The van der Waals surface area contributed by atoms with Crippen molar-refractivity contribution in [1.29, 1.82) is 0 Å². The number of carbonyl (C=O) groups is 2. The first-order chi connectivity index (χ1) is 21.4. The number of halogens is 16. The molecule has 0 aliphatic heterocycles. The number of ether oxygens (including phenoxy) is 2. The lowest BCUT2D eigenvalue weighted by molar-refractivity contribution is -0.400. The molecule has 0 radical (unpaired) electrons. The topological polar surface area (TPSA) is 72.8 Å². The zero-order valence-electron chi connectivity index (χ0n) is 26.8. The predicted octanol–water partition coefficient (Wildman–Crippen LogP) is 9.50. The fraction of sp³-hybridized carbons (Fsp3) is 0.929. The lowest BCUT2D eigenvalue weighted by atomic mass is 9.67. The molecule has 1 unspecified atom stereocenters. The maximum Gasteiger partial charge on any atom is 0.437 e. The summed E-state index contributed by atoms with van der Waals surface area (Å²) in [4.78, 5) is 23.6. The van der Waals surface area contributed by atoms with Crippen LogP contribution in [0, 0.1) is 22.7 Å². The third kappa shape index (κ3) is 8.31. The molecule has 0 amide bonds. The van der Waals surface area contributed by atoms with Crippen LogP contribution in [0.1, 0.15) is 86.5 Å². The molecule has 21 heteroatoms. The highest BCUT2D eigenvalue weighted by Crippen LogP contribution is 2.59. The standard InChI is InChI=1S/C18H22F12O3.C10H14F4O2/c1-4-12(2,3)11(31)33-14(17(25,26)27,18(28,29)30)10-7-5-9(6-8-10)13(32,15(19,20)21)16(22,23)24;1-4-8(2,3)7(15)16-6-5-9(11,12)10(6,13)14/h9-10,32H,4-8H2,1-3H3;6H,4-5H2,1-3H3. The maximum absolute atomic E-state index is 13.8. The van der Waals surface area contributed by atoms with E-state index in [1.807, 2.05) is 0 Å². The number of alkyl halides is 16. The monoisotopic (exact) mass is 756 g/mol. The smallest absolute Gasteiger partial charge is 0.437 e. The molecule has 0 saturated heterocycles. The van der Waals surface area contributed by atoms with Crippen molar-refractivity contribution in [3.8, 4) is 0 Å². The number of hydrogen-bond donors (Lipinski definition) is 1. The van der Waals surface area contributed by atoms with Gasteiger partial charge in [0, 0.05) is 11.8 Å². The number of esters is 2. The molecule has 290 valence electrons. The van der Waals surface area contributed by atoms with Crippen molar-refractivity contribution in [3.05, 3.63) is 0 Å². The van der Waals surface area contributed by atoms with Crippen LogP contribution in [0.25, 0.3) is 0 Å². The van der Waals surface area contributed by atoms with Crippen LogP contribution in [0.5, 0.6) is 0 Å². The van der Waals surface area contributed by atoms with Gasteiger partial charge in [-0.15, -0.1) is 0 Å². The Labute approximate surface area is 270 Å². The van der Waals surface area contributed by atoms with Crippen LogP contribution in [0.4, 0.5) is 70.2 Å². The first-order valence-corrected chi connectivity index (χ1v) is 14.6. The van der Waals surface area contributed by atoms with Gasteiger partial charge in [0.1, 0.15) is 0 Å². The Morgan fingerprint density at radius 1 is 0.633 bits per heavy atom. The third-order valence-electron chi connectivity index (χ3n) is 9.31. The Balaban J connectivity index is 0.000000624. The van der Waals surface area contributed by atoms with E-state index in [1.165, 1.54) is 20.8 Å². The summed E-state index contributed by atoms with van der Waals surface area (Å²) in [5.74, 6) is -16.5. The summed E-state index contributed by atoms with van der Waals surface area (Å²) < 4.78 is 220. The number of carbonyl (C=O) groups excluding carboxylic acids is 2. The van der Waals surface area contributed by atoms with E-state index in [-0.39, 0.29) is 6.42 Å². The van der Waals surface area contributed by atoms with E-state index in [2.05, 4.69) is 9.47 Å². The van der Waals surface area contributed by atoms with Crippen molar-refractivity contribution < 1.29 is 94.4 Å². The zero-order valence-corrected chi connectivity index (χ0v) is 26.8. The van der Waals surface area contributed by atoms with Gasteiger partial charge in [0.25, 0.3) is 5.60 Å². The van der Waals surface area contributed by atoms with E-state index in [9.17, 15) is 84.9 Å². The molecule has 2 aliphatic rings. The number of aliphatic hydroxyl groups is 1. The average Bonchev–Trinajstić information content (AvgIpc) is 2.92. The second-order valence-corrected chi connectivity index (χ2v) is 13.3. The summed E-state index contributed by atoms with van der Waals surface area (Å²) in [6.07, 6.45) is -34.0. The summed E-state index contributed by atoms with van der Waals surface area (Å²) >= 11 is 0. The molecule has 2 saturated carbocycles. The van der Waals surface area contributed by atoms with Gasteiger partial charge in [0.2, 0.25) is 0 Å². The first-order valence-electron chi connectivity index (χ1n) is 14.6. The summed E-state index contributed by atoms with van der Waals surface area (Å²) in [6.45, 7) is 8.03. The third-order valence-corrected chi connectivity index (χ3v) is 9.31. The molecule has 0 bridgehead atoms. The molecule has 0 aromatic carbocycles. The average molecular weight is 757 g/mol. The van der Waals surface area contributed by atoms with E-state index in [0.717, 1.165) is 13.8 Å². The highest BCUT2D eigenvalue weighted by atomic mass is 19.4. The summed E-state index contributed by atoms with van der Waals surface area (Å²) in [7, 11) is 0. The Morgan fingerprint density at radius 3 is 1.27 bits per heavy atom. The van der Waals surface area contributed by atoms with Gasteiger partial charge in [-0.25, -0.2) is 0 Å². The quantitative estimate of drug-likeness (QED) is 0.198. The largest absolute Gasteiger partial charge is 0.455 e. The highest BCUT2D eigenvalue weighted by Gasteiger charge is 2.79. The van der Waals surface area contributed by atoms with Crippen LogP contribution < -0.4 is 0 Å². The zero-order chi connectivity index (χ0) is 39.3. The molecule has 0 aromatic rings. The second kappa shape index (κ2) is 13.7. The van der Waals surface area contributed by atoms with Crippen LogP contribution in [0.2, 0.25) is 0 Å². The van der Waals surface area contributed by atoms with Gasteiger partial charge in [0.05, 0.1) is 17.3 Å². The lowest BCUT2D eigenvalue weighted by Gasteiger charge is -2.47. The van der Waals surface area contributed by atoms with Gasteiger partial charge in [0.15, 0.2) is 6.10 Å². The number of rotatable bonds is 8. The lowest BCUT2D eigenvalue weighted by Crippen LogP contribution is -2.66. The van der Waals surface area contributed by atoms with Crippen molar-refractivity contribution in [1.82, 2.24) is 0 Å². The summed E-state index contributed by atoms with van der Waals surface area (Å²) in [5.41, 5.74) is -13.2. The molecule has 2 rings (SSSR count). The Morgan fingerprint density at radius 2 is 0.980 bits per heavy atom. The molecule has 2 aliphatic carbocycles. The first kappa shape index (κ1) is 44.8. The minimum atomic E-state index is -6.29. The van der Waals surface area contributed by atoms with Crippen LogP contribution in [-0.2, 0) is 19.1 Å². The molecular formula is C28H36F16O5. The Bertz CT molecular complexity index is 1130. The molecule has 1 N–H and O–H groups in total. The molecule has 0 spiro atoms. The normalized spacial score (nSPS) is 23.9. The van der Waals surface area contributed by atoms with Crippen LogP contribution in [-0.4, -0.2) is 70.9 Å². The van der Waals surface area contributed by atoms with Gasteiger partial charge < -0.3 is 14.6 Å². The van der Waals surface area contributed by atoms with Crippen molar-refractivity contribution in [2.24, 2.45) is 22.7 Å². The van der Waals surface area contributed by atoms with E-state index >= 15 is 0 Å². The van der Waals surface area contributed by atoms with Crippen LogP contribution in [0.15, 0.2) is 0 Å². The second-order valence-electron chi connectivity index (χ2n) is 13.3. The van der Waals surface area contributed by atoms with Gasteiger partial charge in [-0.3, -0.25) is 9.59 Å². The highest BCUT2D eigenvalue weighted by molar-refractivity contribution is 5.76. The summed E-state index contributed by atoms with van der Waals surface area (Å²) in [5, 5.41) is 9.42. The molecule has 0 heterocycles.